The van der Waals surface area contributed by atoms with Crippen LogP contribution in [0.4, 0.5) is 11.5 Å². The van der Waals surface area contributed by atoms with Crippen LogP contribution in [0.25, 0.3) is 0 Å². The highest BCUT2D eigenvalue weighted by molar-refractivity contribution is 6.31. The standard InChI is InChI=1S/C16H19ClN4O3/c1-10-6-12(14(24-3)7-11(10)17)21-15-9-19-13(8-20-15)16(22)18-4-5-23-2/h6-9H,4-5H2,1-3H3,(H,18,22)(H,20,21). The largest absolute Gasteiger partial charge is 0.495 e. The number of hydrogen-bond donors (Lipinski definition) is 2. The third-order valence-electron chi connectivity index (χ3n) is 3.22. The highest BCUT2D eigenvalue weighted by atomic mass is 35.5. The monoisotopic (exact) mass is 350 g/mol. The lowest BCUT2D eigenvalue weighted by atomic mass is 10.2. The minimum absolute atomic E-state index is 0.232. The summed E-state index contributed by atoms with van der Waals surface area (Å²) in [4.78, 5) is 20.1. The highest BCUT2D eigenvalue weighted by Crippen LogP contribution is 2.32. The van der Waals surface area contributed by atoms with Crippen LogP contribution < -0.4 is 15.4 Å². The van der Waals surface area contributed by atoms with E-state index in [9.17, 15) is 4.79 Å². The summed E-state index contributed by atoms with van der Waals surface area (Å²) in [7, 11) is 3.13. The molecule has 128 valence electrons. The molecule has 2 N–H and O–H groups in total. The molecule has 0 saturated carbocycles. The van der Waals surface area contributed by atoms with Crippen molar-refractivity contribution in [2.75, 3.05) is 32.7 Å². The molecule has 0 aliphatic rings. The Morgan fingerprint density at radius 1 is 1.25 bits per heavy atom. The van der Waals surface area contributed by atoms with Gasteiger partial charge in [0, 0.05) is 24.7 Å². The molecule has 0 fully saturated rings. The normalized spacial score (nSPS) is 10.3. The first-order chi connectivity index (χ1) is 11.5. The molecule has 24 heavy (non-hydrogen) atoms. The van der Waals surface area contributed by atoms with E-state index in [0.29, 0.717) is 35.4 Å². The van der Waals surface area contributed by atoms with Gasteiger partial charge in [0.1, 0.15) is 17.3 Å². The van der Waals surface area contributed by atoms with E-state index >= 15 is 0 Å². The van der Waals surface area contributed by atoms with Crippen molar-refractivity contribution in [1.82, 2.24) is 15.3 Å². The van der Waals surface area contributed by atoms with E-state index in [1.165, 1.54) is 12.4 Å². The molecule has 0 spiro atoms. The van der Waals surface area contributed by atoms with Crippen LogP contribution >= 0.6 is 11.6 Å². The fourth-order valence-corrected chi connectivity index (χ4v) is 2.09. The molecule has 0 aliphatic carbocycles. The average Bonchev–Trinajstić information content (AvgIpc) is 2.58. The van der Waals surface area contributed by atoms with Gasteiger partial charge >= 0.3 is 0 Å². The number of carbonyl (C=O) groups is 1. The quantitative estimate of drug-likeness (QED) is 0.746. The van der Waals surface area contributed by atoms with Crippen molar-refractivity contribution < 1.29 is 14.3 Å². The number of methoxy groups -OCH3 is 2. The Labute approximate surface area is 145 Å². The van der Waals surface area contributed by atoms with Crippen molar-refractivity contribution in [3.63, 3.8) is 0 Å². The number of nitrogens with one attached hydrogen (secondary N) is 2. The zero-order chi connectivity index (χ0) is 17.5. The molecule has 0 unspecified atom stereocenters. The first kappa shape index (κ1) is 18.0. The molecule has 8 heteroatoms. The van der Waals surface area contributed by atoms with Gasteiger partial charge in [-0.2, -0.15) is 0 Å². The van der Waals surface area contributed by atoms with Gasteiger partial charge in [0.15, 0.2) is 0 Å². The lowest BCUT2D eigenvalue weighted by Crippen LogP contribution is -2.27. The third kappa shape index (κ3) is 4.56. The number of ether oxygens (including phenoxy) is 2. The average molecular weight is 351 g/mol. The predicted octanol–water partition coefficient (Wildman–Crippen LogP) is 2.57. The Morgan fingerprint density at radius 2 is 2.04 bits per heavy atom. The van der Waals surface area contributed by atoms with Gasteiger partial charge in [-0.15, -0.1) is 0 Å². The molecular weight excluding hydrogens is 332 g/mol. The molecule has 1 aromatic carbocycles. The topological polar surface area (TPSA) is 85.4 Å². The fraction of sp³-hybridized carbons (Fsp3) is 0.312. The molecule has 2 rings (SSSR count). The van der Waals surface area contributed by atoms with E-state index < -0.39 is 0 Å². The molecule has 1 aromatic heterocycles. The van der Waals surface area contributed by atoms with Gasteiger partial charge in [-0.05, 0) is 18.6 Å². The van der Waals surface area contributed by atoms with Crippen LogP contribution in [0.1, 0.15) is 16.1 Å². The number of carbonyl (C=O) groups excluding carboxylic acids is 1. The molecule has 7 nitrogen and oxygen atoms in total. The molecule has 1 heterocycles. The molecular formula is C16H19ClN4O3. The molecule has 2 aromatic rings. The van der Waals surface area contributed by atoms with Gasteiger partial charge in [-0.1, -0.05) is 11.6 Å². The minimum atomic E-state index is -0.300. The van der Waals surface area contributed by atoms with Gasteiger partial charge in [0.2, 0.25) is 0 Å². The summed E-state index contributed by atoms with van der Waals surface area (Å²) in [5.74, 6) is 0.781. The van der Waals surface area contributed by atoms with Crippen LogP contribution in [-0.2, 0) is 4.74 Å². The van der Waals surface area contributed by atoms with E-state index in [4.69, 9.17) is 21.1 Å². The summed E-state index contributed by atoms with van der Waals surface area (Å²) < 4.78 is 10.2. The Bertz CT molecular complexity index is 707. The number of rotatable bonds is 7. The molecule has 0 aliphatic heterocycles. The number of halogens is 1. The Balaban J connectivity index is 2.09. The van der Waals surface area contributed by atoms with Crippen molar-refractivity contribution in [2.24, 2.45) is 0 Å². The van der Waals surface area contributed by atoms with Gasteiger partial charge in [0.05, 0.1) is 31.8 Å². The number of aryl methyl sites for hydroxylation is 1. The van der Waals surface area contributed by atoms with Crippen LogP contribution in [0.2, 0.25) is 5.02 Å². The SMILES string of the molecule is COCCNC(=O)c1cnc(Nc2cc(C)c(Cl)cc2OC)cn1. The van der Waals surface area contributed by atoms with E-state index in [0.717, 1.165) is 5.56 Å². The van der Waals surface area contributed by atoms with Crippen molar-refractivity contribution in [3.8, 4) is 5.75 Å². The second kappa shape index (κ2) is 8.47. The highest BCUT2D eigenvalue weighted by Gasteiger charge is 2.10. The molecule has 0 atom stereocenters. The summed E-state index contributed by atoms with van der Waals surface area (Å²) in [5, 5.41) is 6.40. The number of hydrogen-bond acceptors (Lipinski definition) is 6. The Hall–Kier alpha value is -2.38. The van der Waals surface area contributed by atoms with Crippen LogP contribution in [0.3, 0.4) is 0 Å². The van der Waals surface area contributed by atoms with Gasteiger partial charge in [0.25, 0.3) is 5.91 Å². The molecule has 0 bridgehead atoms. The van der Waals surface area contributed by atoms with Crippen LogP contribution in [0.5, 0.6) is 5.75 Å². The Morgan fingerprint density at radius 3 is 2.67 bits per heavy atom. The maximum Gasteiger partial charge on any atom is 0.271 e. The first-order valence-electron chi connectivity index (χ1n) is 7.25. The van der Waals surface area contributed by atoms with E-state index in [1.807, 2.05) is 13.0 Å². The van der Waals surface area contributed by atoms with Gasteiger partial charge in [-0.3, -0.25) is 4.79 Å². The van der Waals surface area contributed by atoms with E-state index in [2.05, 4.69) is 20.6 Å². The third-order valence-corrected chi connectivity index (χ3v) is 3.63. The second-order valence-electron chi connectivity index (χ2n) is 4.96. The fourth-order valence-electron chi connectivity index (χ4n) is 1.93. The summed E-state index contributed by atoms with van der Waals surface area (Å²) in [6.45, 7) is 2.75. The summed E-state index contributed by atoms with van der Waals surface area (Å²) in [5.41, 5.74) is 1.85. The van der Waals surface area contributed by atoms with Crippen LogP contribution in [0.15, 0.2) is 24.5 Å². The summed E-state index contributed by atoms with van der Waals surface area (Å²) in [6, 6.07) is 3.58. The van der Waals surface area contributed by atoms with Gasteiger partial charge < -0.3 is 20.1 Å². The molecule has 0 saturated heterocycles. The Kier molecular flexibility index (Phi) is 6.34. The van der Waals surface area contributed by atoms with Gasteiger partial charge in [-0.25, -0.2) is 9.97 Å². The number of aromatic nitrogens is 2. The summed E-state index contributed by atoms with van der Waals surface area (Å²) in [6.07, 6.45) is 2.88. The van der Waals surface area contributed by atoms with Crippen molar-refractivity contribution >= 4 is 29.0 Å². The smallest absolute Gasteiger partial charge is 0.271 e. The second-order valence-corrected chi connectivity index (χ2v) is 5.37. The molecule has 1 amide bonds. The maximum absolute atomic E-state index is 11.8. The number of anilines is 2. The van der Waals surface area contributed by atoms with E-state index in [-0.39, 0.29) is 11.6 Å². The van der Waals surface area contributed by atoms with Crippen molar-refractivity contribution in [2.45, 2.75) is 6.92 Å². The van der Waals surface area contributed by atoms with E-state index in [1.54, 1.807) is 20.3 Å². The minimum Gasteiger partial charge on any atom is -0.495 e. The lowest BCUT2D eigenvalue weighted by molar-refractivity contribution is 0.0932. The summed E-state index contributed by atoms with van der Waals surface area (Å²) >= 11 is 6.09. The first-order valence-corrected chi connectivity index (χ1v) is 7.63. The molecule has 0 radical (unpaired) electrons. The number of benzene rings is 1. The number of nitrogens with zero attached hydrogens (tertiary/aromatic N) is 2. The van der Waals surface area contributed by atoms with Crippen LogP contribution in [-0.4, -0.2) is 43.2 Å². The zero-order valence-electron chi connectivity index (χ0n) is 13.7. The predicted molar refractivity (Wildman–Crippen MR) is 92.3 cm³/mol. The van der Waals surface area contributed by atoms with Crippen molar-refractivity contribution in [3.05, 3.63) is 40.8 Å². The lowest BCUT2D eigenvalue weighted by Gasteiger charge is -2.12. The van der Waals surface area contributed by atoms with Crippen molar-refractivity contribution in [1.29, 1.82) is 0 Å². The maximum atomic E-state index is 11.8. The zero-order valence-corrected chi connectivity index (χ0v) is 14.5. The number of amides is 1. The van der Waals surface area contributed by atoms with Crippen LogP contribution in [0, 0.1) is 6.92 Å².